The van der Waals surface area contributed by atoms with Gasteiger partial charge in [-0.3, -0.25) is 0 Å². The number of aromatic nitrogens is 4. The first-order valence-corrected chi connectivity index (χ1v) is 8.53. The monoisotopic (exact) mass is 365 g/mol. The topological polar surface area (TPSA) is 66.5 Å². The number of fused-ring (bicyclic) bond motifs is 1. The first-order valence-electron chi connectivity index (χ1n) is 8.53. The molecule has 0 amide bonds. The van der Waals surface area contributed by atoms with Crippen LogP contribution in [0.15, 0.2) is 55.1 Å². The van der Waals surface area contributed by atoms with E-state index in [1.54, 1.807) is 24.5 Å². The maximum Gasteiger partial charge on any atom is 0.223 e. The second-order valence-corrected chi connectivity index (χ2v) is 6.37. The summed E-state index contributed by atoms with van der Waals surface area (Å²) >= 11 is 0. The lowest BCUT2D eigenvalue weighted by Crippen LogP contribution is -2.09. The molecule has 5 nitrogen and oxygen atoms in total. The molecule has 4 rings (SSSR count). The van der Waals surface area contributed by atoms with Gasteiger partial charge in [0, 0.05) is 30.4 Å². The van der Waals surface area contributed by atoms with Crippen LogP contribution in [0.4, 0.5) is 14.7 Å². The Balaban J connectivity index is 1.47. The summed E-state index contributed by atoms with van der Waals surface area (Å²) in [7, 11) is 0. The highest BCUT2D eigenvalue weighted by Gasteiger charge is 2.10. The molecule has 2 N–H and O–H groups in total. The Morgan fingerprint density at radius 3 is 2.48 bits per heavy atom. The fourth-order valence-electron chi connectivity index (χ4n) is 2.95. The predicted molar refractivity (Wildman–Crippen MR) is 99.3 cm³/mol. The summed E-state index contributed by atoms with van der Waals surface area (Å²) in [6.07, 6.45) is 7.05. The Bertz CT molecular complexity index is 1060. The molecule has 0 radical (unpaired) electrons. The van der Waals surface area contributed by atoms with E-state index in [-0.39, 0.29) is 17.7 Å². The average molecular weight is 365 g/mol. The quantitative estimate of drug-likeness (QED) is 0.550. The summed E-state index contributed by atoms with van der Waals surface area (Å²) in [6, 6.07) is 7.72. The van der Waals surface area contributed by atoms with Crippen LogP contribution in [0.3, 0.4) is 0 Å². The van der Waals surface area contributed by atoms with Crippen molar-refractivity contribution in [3.8, 4) is 0 Å². The van der Waals surface area contributed by atoms with Gasteiger partial charge in [0.2, 0.25) is 5.95 Å². The molecule has 3 heterocycles. The zero-order chi connectivity index (χ0) is 18.8. The van der Waals surface area contributed by atoms with Crippen LogP contribution in [-0.4, -0.2) is 19.9 Å². The van der Waals surface area contributed by atoms with Crippen molar-refractivity contribution in [1.82, 2.24) is 19.9 Å². The standard InChI is InChI=1S/C20H17F2N5/c1-12(14-2-4-16(21)5-3-14)27-20-25-8-13(9-26-20)6-15-10-23-19-18(15)7-17(22)11-24-19/h2-5,7-12H,6H2,1H3,(H,23,24)(H,25,26,27)/t12-/m0/s1. The summed E-state index contributed by atoms with van der Waals surface area (Å²) in [5.41, 5.74) is 3.43. The van der Waals surface area contributed by atoms with Crippen LogP contribution in [0.25, 0.3) is 11.0 Å². The lowest BCUT2D eigenvalue weighted by atomic mass is 10.1. The van der Waals surface area contributed by atoms with Crippen molar-refractivity contribution < 1.29 is 8.78 Å². The Kier molecular flexibility index (Phi) is 4.50. The van der Waals surface area contributed by atoms with Crippen LogP contribution >= 0.6 is 0 Å². The molecule has 136 valence electrons. The van der Waals surface area contributed by atoms with E-state index < -0.39 is 0 Å². The van der Waals surface area contributed by atoms with Gasteiger partial charge in [0.1, 0.15) is 17.3 Å². The van der Waals surface area contributed by atoms with Gasteiger partial charge in [-0.2, -0.15) is 0 Å². The molecule has 1 atom stereocenters. The minimum Gasteiger partial charge on any atom is -0.348 e. The number of pyridine rings is 1. The predicted octanol–water partition coefficient (Wildman–Crippen LogP) is 4.40. The molecule has 1 aromatic carbocycles. The molecule has 3 aromatic heterocycles. The molecule has 0 saturated heterocycles. The number of halogens is 2. The Morgan fingerprint density at radius 2 is 1.74 bits per heavy atom. The molecule has 0 aliphatic rings. The number of hydrogen-bond acceptors (Lipinski definition) is 4. The number of nitrogens with zero attached hydrogens (tertiary/aromatic N) is 3. The van der Waals surface area contributed by atoms with Gasteiger partial charge in [-0.05, 0) is 41.8 Å². The third-order valence-electron chi connectivity index (χ3n) is 4.40. The second kappa shape index (κ2) is 7.11. The van der Waals surface area contributed by atoms with E-state index in [1.165, 1.54) is 24.4 Å². The lowest BCUT2D eigenvalue weighted by molar-refractivity contribution is 0.624. The molecule has 0 fully saturated rings. The van der Waals surface area contributed by atoms with Gasteiger partial charge < -0.3 is 10.3 Å². The maximum atomic E-state index is 13.4. The molecule has 0 saturated carbocycles. The molecule has 0 unspecified atom stereocenters. The molecule has 7 heteroatoms. The number of anilines is 1. The van der Waals surface area contributed by atoms with Crippen LogP contribution in [0.5, 0.6) is 0 Å². The molecule has 4 aromatic rings. The number of rotatable bonds is 5. The normalized spacial score (nSPS) is 12.3. The molecular formula is C20H17F2N5. The summed E-state index contributed by atoms with van der Waals surface area (Å²) < 4.78 is 26.5. The minimum atomic E-state index is -0.367. The van der Waals surface area contributed by atoms with E-state index >= 15 is 0 Å². The average Bonchev–Trinajstić information content (AvgIpc) is 3.06. The third kappa shape index (κ3) is 3.76. The van der Waals surface area contributed by atoms with E-state index in [4.69, 9.17) is 0 Å². The van der Waals surface area contributed by atoms with Crippen molar-refractivity contribution >= 4 is 17.0 Å². The molecular weight excluding hydrogens is 348 g/mol. The Hall–Kier alpha value is -3.35. The van der Waals surface area contributed by atoms with Gasteiger partial charge in [-0.1, -0.05) is 12.1 Å². The smallest absolute Gasteiger partial charge is 0.223 e. The number of aromatic amines is 1. The highest BCUT2D eigenvalue weighted by molar-refractivity contribution is 5.79. The van der Waals surface area contributed by atoms with Crippen molar-refractivity contribution in [3.05, 3.63) is 83.4 Å². The molecule has 27 heavy (non-hydrogen) atoms. The summed E-state index contributed by atoms with van der Waals surface area (Å²) in [5, 5.41) is 3.94. The highest BCUT2D eigenvalue weighted by Crippen LogP contribution is 2.21. The Labute approximate surface area is 154 Å². The van der Waals surface area contributed by atoms with Gasteiger partial charge in [0.05, 0.1) is 12.2 Å². The van der Waals surface area contributed by atoms with E-state index in [1.807, 2.05) is 13.1 Å². The first kappa shape index (κ1) is 17.1. The maximum absolute atomic E-state index is 13.4. The van der Waals surface area contributed by atoms with Crippen LogP contribution < -0.4 is 5.32 Å². The van der Waals surface area contributed by atoms with Crippen molar-refractivity contribution in [2.24, 2.45) is 0 Å². The fourth-order valence-corrected chi connectivity index (χ4v) is 2.95. The van der Waals surface area contributed by atoms with Crippen molar-refractivity contribution in [1.29, 1.82) is 0 Å². The molecule has 0 aliphatic carbocycles. The van der Waals surface area contributed by atoms with Gasteiger partial charge in [-0.25, -0.2) is 23.7 Å². The Morgan fingerprint density at radius 1 is 1.00 bits per heavy atom. The summed E-state index contributed by atoms with van der Waals surface area (Å²) in [5.74, 6) is -0.143. The van der Waals surface area contributed by atoms with Gasteiger partial charge in [-0.15, -0.1) is 0 Å². The largest absolute Gasteiger partial charge is 0.348 e. The van der Waals surface area contributed by atoms with E-state index in [9.17, 15) is 8.78 Å². The van der Waals surface area contributed by atoms with Crippen molar-refractivity contribution in [3.63, 3.8) is 0 Å². The van der Waals surface area contributed by atoms with E-state index in [0.717, 1.165) is 22.1 Å². The van der Waals surface area contributed by atoms with E-state index in [0.29, 0.717) is 18.0 Å². The lowest BCUT2D eigenvalue weighted by Gasteiger charge is -2.14. The van der Waals surface area contributed by atoms with Gasteiger partial charge in [0.15, 0.2) is 0 Å². The highest BCUT2D eigenvalue weighted by atomic mass is 19.1. The molecule has 0 aliphatic heterocycles. The first-order chi connectivity index (χ1) is 13.1. The van der Waals surface area contributed by atoms with E-state index in [2.05, 4.69) is 25.3 Å². The number of H-pyrrole nitrogens is 1. The number of nitrogens with one attached hydrogen (secondary N) is 2. The van der Waals surface area contributed by atoms with Crippen LogP contribution in [0, 0.1) is 11.6 Å². The third-order valence-corrected chi connectivity index (χ3v) is 4.40. The summed E-state index contributed by atoms with van der Waals surface area (Å²) in [6.45, 7) is 1.96. The second-order valence-electron chi connectivity index (χ2n) is 6.37. The zero-order valence-corrected chi connectivity index (χ0v) is 14.6. The van der Waals surface area contributed by atoms with Gasteiger partial charge >= 0.3 is 0 Å². The fraction of sp³-hybridized carbons (Fsp3) is 0.150. The minimum absolute atomic E-state index is 0.0564. The van der Waals surface area contributed by atoms with Crippen LogP contribution in [-0.2, 0) is 6.42 Å². The van der Waals surface area contributed by atoms with Crippen molar-refractivity contribution in [2.75, 3.05) is 5.32 Å². The van der Waals surface area contributed by atoms with Crippen LogP contribution in [0.1, 0.15) is 29.7 Å². The SMILES string of the molecule is C[C@H](Nc1ncc(Cc2c[nH]c3ncc(F)cc23)cn1)c1ccc(F)cc1. The molecule has 0 spiro atoms. The van der Waals surface area contributed by atoms with Crippen LogP contribution in [0.2, 0.25) is 0 Å². The number of hydrogen-bond donors (Lipinski definition) is 2. The number of benzene rings is 1. The van der Waals surface area contributed by atoms with Gasteiger partial charge in [0.25, 0.3) is 0 Å². The molecule has 0 bridgehead atoms. The van der Waals surface area contributed by atoms with Crippen molar-refractivity contribution in [2.45, 2.75) is 19.4 Å². The summed E-state index contributed by atoms with van der Waals surface area (Å²) in [4.78, 5) is 15.8. The zero-order valence-electron chi connectivity index (χ0n) is 14.6.